The minimum Gasteiger partial charge on any atom is -0.381 e. The summed E-state index contributed by atoms with van der Waals surface area (Å²) in [6.45, 7) is 4.14. The van der Waals surface area contributed by atoms with Gasteiger partial charge >= 0.3 is 0 Å². The zero-order chi connectivity index (χ0) is 12.2. The maximum absolute atomic E-state index is 11.6. The summed E-state index contributed by atoms with van der Waals surface area (Å²) in [5.41, 5.74) is 6.36. The SMILES string of the molecule is CCS(=O)(=O)c1ccc(NC(C)CN)cc1. The zero-order valence-corrected chi connectivity index (χ0v) is 10.4. The molecule has 4 nitrogen and oxygen atoms in total. The predicted octanol–water partition coefficient (Wildman–Crippen LogP) is 1.24. The molecular formula is C11H18N2O2S. The number of nitrogens with two attached hydrogens (primary N) is 1. The highest BCUT2D eigenvalue weighted by atomic mass is 32.2. The number of anilines is 1. The Hall–Kier alpha value is -1.07. The Morgan fingerprint density at radius 2 is 1.88 bits per heavy atom. The number of nitrogens with one attached hydrogen (secondary N) is 1. The van der Waals surface area contributed by atoms with E-state index in [2.05, 4.69) is 5.32 Å². The summed E-state index contributed by atoms with van der Waals surface area (Å²) in [6, 6.07) is 6.92. The van der Waals surface area contributed by atoms with Gasteiger partial charge in [0.2, 0.25) is 0 Å². The zero-order valence-electron chi connectivity index (χ0n) is 9.60. The van der Waals surface area contributed by atoms with Gasteiger partial charge in [-0.1, -0.05) is 6.92 Å². The largest absolute Gasteiger partial charge is 0.381 e. The molecule has 0 fully saturated rings. The molecule has 0 aliphatic rings. The molecule has 0 saturated carbocycles. The Kier molecular flexibility index (Phi) is 4.32. The third kappa shape index (κ3) is 3.21. The lowest BCUT2D eigenvalue weighted by Gasteiger charge is -2.13. The maximum atomic E-state index is 11.6. The summed E-state index contributed by atoms with van der Waals surface area (Å²) in [5, 5.41) is 3.17. The van der Waals surface area contributed by atoms with Crippen molar-refractivity contribution in [2.45, 2.75) is 24.8 Å². The van der Waals surface area contributed by atoms with Crippen LogP contribution in [0.5, 0.6) is 0 Å². The van der Waals surface area contributed by atoms with Crippen LogP contribution in [-0.4, -0.2) is 26.8 Å². The molecule has 1 aromatic carbocycles. The standard InChI is InChI=1S/C11H18N2O2S/c1-3-16(14,15)11-6-4-10(5-7-11)13-9(2)8-12/h4-7,9,13H,3,8,12H2,1-2H3. The van der Waals surface area contributed by atoms with Crippen molar-refractivity contribution in [1.29, 1.82) is 0 Å². The minimum atomic E-state index is -3.10. The van der Waals surface area contributed by atoms with Gasteiger partial charge in [-0.3, -0.25) is 0 Å². The first-order valence-corrected chi connectivity index (χ1v) is 6.94. The molecule has 16 heavy (non-hydrogen) atoms. The second kappa shape index (κ2) is 5.32. The molecular weight excluding hydrogens is 224 g/mol. The fraction of sp³-hybridized carbons (Fsp3) is 0.455. The lowest BCUT2D eigenvalue weighted by Crippen LogP contribution is -2.25. The molecule has 1 atom stereocenters. The molecule has 0 bridgehead atoms. The second-order valence-corrected chi connectivity index (χ2v) is 5.99. The lowest BCUT2D eigenvalue weighted by molar-refractivity contribution is 0.597. The summed E-state index contributed by atoms with van der Waals surface area (Å²) in [4.78, 5) is 0.362. The first kappa shape index (κ1) is 13.0. The van der Waals surface area contributed by atoms with E-state index in [0.29, 0.717) is 11.4 Å². The van der Waals surface area contributed by atoms with Gasteiger partial charge in [-0.25, -0.2) is 8.42 Å². The van der Waals surface area contributed by atoms with Crippen molar-refractivity contribution < 1.29 is 8.42 Å². The average Bonchev–Trinajstić information content (AvgIpc) is 2.29. The van der Waals surface area contributed by atoms with E-state index in [4.69, 9.17) is 5.73 Å². The van der Waals surface area contributed by atoms with Crippen molar-refractivity contribution >= 4 is 15.5 Å². The van der Waals surface area contributed by atoms with Gasteiger partial charge in [0.05, 0.1) is 10.6 Å². The van der Waals surface area contributed by atoms with E-state index < -0.39 is 9.84 Å². The molecule has 0 aromatic heterocycles. The van der Waals surface area contributed by atoms with Gasteiger partial charge in [0.25, 0.3) is 0 Å². The molecule has 0 saturated heterocycles. The van der Waals surface area contributed by atoms with Crippen molar-refractivity contribution in [3.05, 3.63) is 24.3 Å². The molecule has 0 amide bonds. The van der Waals surface area contributed by atoms with Crippen LogP contribution in [0.3, 0.4) is 0 Å². The molecule has 1 aromatic rings. The summed E-state index contributed by atoms with van der Waals surface area (Å²) < 4.78 is 23.1. The summed E-state index contributed by atoms with van der Waals surface area (Å²) >= 11 is 0. The molecule has 5 heteroatoms. The smallest absolute Gasteiger partial charge is 0.178 e. The fourth-order valence-electron chi connectivity index (χ4n) is 1.27. The van der Waals surface area contributed by atoms with E-state index in [-0.39, 0.29) is 11.8 Å². The van der Waals surface area contributed by atoms with E-state index in [1.54, 1.807) is 31.2 Å². The molecule has 1 unspecified atom stereocenters. The van der Waals surface area contributed by atoms with Crippen LogP contribution in [0.2, 0.25) is 0 Å². The molecule has 0 aliphatic heterocycles. The highest BCUT2D eigenvalue weighted by Gasteiger charge is 2.10. The fourth-order valence-corrected chi connectivity index (χ4v) is 2.15. The van der Waals surface area contributed by atoms with Gasteiger partial charge in [0.15, 0.2) is 9.84 Å². The third-order valence-corrected chi connectivity index (χ3v) is 4.11. The van der Waals surface area contributed by atoms with Gasteiger partial charge in [-0.2, -0.15) is 0 Å². The van der Waals surface area contributed by atoms with Crippen LogP contribution in [0.1, 0.15) is 13.8 Å². The number of hydrogen-bond donors (Lipinski definition) is 2. The highest BCUT2D eigenvalue weighted by Crippen LogP contribution is 2.15. The minimum absolute atomic E-state index is 0.124. The van der Waals surface area contributed by atoms with Crippen LogP contribution in [0.15, 0.2) is 29.2 Å². The van der Waals surface area contributed by atoms with Gasteiger partial charge in [0.1, 0.15) is 0 Å². The van der Waals surface area contributed by atoms with Crippen LogP contribution in [-0.2, 0) is 9.84 Å². The van der Waals surface area contributed by atoms with E-state index in [1.807, 2.05) is 6.92 Å². The Bertz CT molecular complexity index is 426. The number of rotatable bonds is 5. The van der Waals surface area contributed by atoms with Gasteiger partial charge in [-0.05, 0) is 31.2 Å². The predicted molar refractivity (Wildman–Crippen MR) is 66.3 cm³/mol. The van der Waals surface area contributed by atoms with Gasteiger partial charge < -0.3 is 11.1 Å². The number of hydrogen-bond acceptors (Lipinski definition) is 4. The maximum Gasteiger partial charge on any atom is 0.178 e. The van der Waals surface area contributed by atoms with Crippen LogP contribution in [0.25, 0.3) is 0 Å². The van der Waals surface area contributed by atoms with Crippen LogP contribution in [0, 0.1) is 0 Å². The molecule has 1 rings (SSSR count). The van der Waals surface area contributed by atoms with Gasteiger partial charge in [-0.15, -0.1) is 0 Å². The highest BCUT2D eigenvalue weighted by molar-refractivity contribution is 7.91. The summed E-state index contributed by atoms with van der Waals surface area (Å²) in [6.07, 6.45) is 0. The quantitative estimate of drug-likeness (QED) is 0.815. The monoisotopic (exact) mass is 242 g/mol. The molecule has 0 aliphatic carbocycles. The molecule has 0 heterocycles. The van der Waals surface area contributed by atoms with Crippen molar-refractivity contribution in [1.82, 2.24) is 0 Å². The van der Waals surface area contributed by atoms with E-state index in [9.17, 15) is 8.42 Å². The molecule has 0 spiro atoms. The third-order valence-electron chi connectivity index (χ3n) is 2.36. The Balaban J connectivity index is 2.84. The Morgan fingerprint density at radius 3 is 2.31 bits per heavy atom. The van der Waals surface area contributed by atoms with Crippen LogP contribution in [0.4, 0.5) is 5.69 Å². The van der Waals surface area contributed by atoms with Crippen molar-refractivity contribution in [3.63, 3.8) is 0 Å². The van der Waals surface area contributed by atoms with Crippen LogP contribution < -0.4 is 11.1 Å². The van der Waals surface area contributed by atoms with E-state index >= 15 is 0 Å². The van der Waals surface area contributed by atoms with Crippen molar-refractivity contribution in [3.8, 4) is 0 Å². The summed E-state index contributed by atoms with van der Waals surface area (Å²) in [5.74, 6) is 0.124. The second-order valence-electron chi connectivity index (χ2n) is 3.71. The van der Waals surface area contributed by atoms with Crippen molar-refractivity contribution in [2.75, 3.05) is 17.6 Å². The number of sulfone groups is 1. The van der Waals surface area contributed by atoms with Gasteiger partial charge in [0, 0.05) is 18.3 Å². The Labute approximate surface area is 96.8 Å². The first-order chi connectivity index (χ1) is 7.49. The lowest BCUT2D eigenvalue weighted by atomic mass is 10.2. The molecule has 0 radical (unpaired) electrons. The topological polar surface area (TPSA) is 72.2 Å². The first-order valence-electron chi connectivity index (χ1n) is 5.29. The van der Waals surface area contributed by atoms with E-state index in [0.717, 1.165) is 5.69 Å². The normalized spacial score (nSPS) is 13.4. The van der Waals surface area contributed by atoms with Crippen molar-refractivity contribution in [2.24, 2.45) is 5.73 Å². The Morgan fingerprint density at radius 1 is 1.31 bits per heavy atom. The summed E-state index contributed by atoms with van der Waals surface area (Å²) in [7, 11) is -3.10. The molecule has 90 valence electrons. The number of benzene rings is 1. The molecule has 3 N–H and O–H groups in total. The average molecular weight is 242 g/mol. The van der Waals surface area contributed by atoms with E-state index in [1.165, 1.54) is 0 Å². The van der Waals surface area contributed by atoms with Crippen LogP contribution >= 0.6 is 0 Å².